The maximum Gasteiger partial charge on any atom is 0.279 e. The fraction of sp³-hybridized carbons (Fsp3) is 0.250. The number of thiophene rings is 1. The van der Waals surface area contributed by atoms with Crippen LogP contribution in [0.3, 0.4) is 0 Å². The molecule has 0 fully saturated rings. The van der Waals surface area contributed by atoms with E-state index < -0.39 is 0 Å². The summed E-state index contributed by atoms with van der Waals surface area (Å²) in [5.74, 6) is -0.330. The van der Waals surface area contributed by atoms with Gasteiger partial charge in [0.25, 0.3) is 5.91 Å². The molecule has 0 bridgehead atoms. The number of thioether (sulfide) groups is 1. The van der Waals surface area contributed by atoms with Crippen LogP contribution in [-0.2, 0) is 17.6 Å². The average Bonchev–Trinajstić information content (AvgIpc) is 3.26. The van der Waals surface area contributed by atoms with Crippen molar-refractivity contribution in [2.24, 2.45) is 0 Å². The monoisotopic (exact) mass is 397 g/mol. The number of rotatable bonds is 4. The average molecular weight is 398 g/mol. The second-order valence-electron chi connectivity index (χ2n) is 6.50. The van der Waals surface area contributed by atoms with Crippen molar-refractivity contribution in [3.05, 3.63) is 57.3 Å². The number of nitrogens with zero attached hydrogens (tertiary/aromatic N) is 1. The zero-order valence-electron chi connectivity index (χ0n) is 14.9. The highest BCUT2D eigenvalue weighted by atomic mass is 32.2. The quantitative estimate of drug-likeness (QED) is 0.521. The van der Waals surface area contributed by atoms with Gasteiger partial charge in [-0.3, -0.25) is 20.4 Å². The van der Waals surface area contributed by atoms with Crippen LogP contribution in [0.25, 0.3) is 10.9 Å². The van der Waals surface area contributed by atoms with Gasteiger partial charge in [0.2, 0.25) is 5.91 Å². The number of para-hydroxylation sites is 1. The van der Waals surface area contributed by atoms with Gasteiger partial charge >= 0.3 is 0 Å². The summed E-state index contributed by atoms with van der Waals surface area (Å²) in [5.41, 5.74) is 8.30. The molecule has 1 aromatic carbocycles. The van der Waals surface area contributed by atoms with E-state index in [4.69, 9.17) is 0 Å². The van der Waals surface area contributed by atoms with Crippen LogP contribution < -0.4 is 10.9 Å². The minimum atomic E-state index is -0.259. The van der Waals surface area contributed by atoms with Crippen LogP contribution >= 0.6 is 23.1 Å². The van der Waals surface area contributed by atoms with Gasteiger partial charge in [-0.2, -0.15) is 0 Å². The van der Waals surface area contributed by atoms with E-state index in [0.29, 0.717) is 4.88 Å². The topological polar surface area (TPSA) is 71.1 Å². The Morgan fingerprint density at radius 1 is 1.19 bits per heavy atom. The van der Waals surface area contributed by atoms with Gasteiger partial charge < -0.3 is 0 Å². The molecule has 0 saturated heterocycles. The lowest BCUT2D eigenvalue weighted by molar-refractivity contribution is -0.119. The van der Waals surface area contributed by atoms with Crippen LogP contribution in [0.2, 0.25) is 0 Å². The van der Waals surface area contributed by atoms with Crippen LogP contribution in [0.4, 0.5) is 0 Å². The highest BCUT2D eigenvalue weighted by Crippen LogP contribution is 2.30. The highest BCUT2D eigenvalue weighted by molar-refractivity contribution is 7.99. The molecule has 0 saturated carbocycles. The number of fused-ring (bicyclic) bond motifs is 2. The summed E-state index contributed by atoms with van der Waals surface area (Å²) < 4.78 is 0. The predicted octanol–water partition coefficient (Wildman–Crippen LogP) is 3.65. The zero-order valence-corrected chi connectivity index (χ0v) is 16.5. The molecule has 4 rings (SSSR count). The largest absolute Gasteiger partial charge is 0.279 e. The summed E-state index contributed by atoms with van der Waals surface area (Å²) in [6.07, 6.45) is 3.26. The van der Waals surface area contributed by atoms with Crippen molar-refractivity contribution in [1.82, 2.24) is 15.8 Å². The molecule has 3 aromatic rings. The summed E-state index contributed by atoms with van der Waals surface area (Å²) in [4.78, 5) is 30.8. The molecule has 2 N–H and O–H groups in total. The van der Waals surface area contributed by atoms with Crippen LogP contribution in [-0.4, -0.2) is 22.6 Å². The molecule has 0 unspecified atom stereocenters. The number of aromatic nitrogens is 1. The van der Waals surface area contributed by atoms with Crippen LogP contribution in [0.1, 0.15) is 32.1 Å². The van der Waals surface area contributed by atoms with Crippen molar-refractivity contribution in [2.75, 3.05) is 5.75 Å². The fourth-order valence-electron chi connectivity index (χ4n) is 3.20. The molecule has 0 spiro atoms. The number of benzene rings is 1. The maximum atomic E-state index is 12.2. The van der Waals surface area contributed by atoms with Crippen molar-refractivity contribution in [3.63, 3.8) is 0 Å². The van der Waals surface area contributed by atoms with E-state index in [1.54, 1.807) is 0 Å². The number of hydrogen-bond donors (Lipinski definition) is 2. The Labute approximate surface area is 165 Å². The third-order valence-corrected chi connectivity index (χ3v) is 6.68. The predicted molar refractivity (Wildman–Crippen MR) is 109 cm³/mol. The molecular formula is C20H19N3O2S2. The number of carbonyl (C=O) groups excluding carboxylic acids is 2. The van der Waals surface area contributed by atoms with E-state index in [2.05, 4.69) is 15.8 Å². The van der Waals surface area contributed by atoms with Crippen molar-refractivity contribution in [2.45, 2.75) is 31.2 Å². The molecule has 27 heavy (non-hydrogen) atoms. The summed E-state index contributed by atoms with van der Waals surface area (Å²) in [6, 6.07) is 11.9. The second kappa shape index (κ2) is 7.70. The van der Waals surface area contributed by atoms with E-state index >= 15 is 0 Å². The van der Waals surface area contributed by atoms with Crippen molar-refractivity contribution >= 4 is 45.8 Å². The molecule has 7 heteroatoms. The summed E-state index contributed by atoms with van der Waals surface area (Å²) in [5, 5.41) is 1.91. The smallest absolute Gasteiger partial charge is 0.272 e. The Kier molecular flexibility index (Phi) is 5.13. The van der Waals surface area contributed by atoms with Gasteiger partial charge in [0.05, 0.1) is 21.2 Å². The molecule has 138 valence electrons. The Bertz CT molecular complexity index is 1010. The molecule has 5 nitrogen and oxygen atoms in total. The van der Waals surface area contributed by atoms with Gasteiger partial charge in [-0.1, -0.05) is 30.0 Å². The van der Waals surface area contributed by atoms with Gasteiger partial charge in [0, 0.05) is 10.3 Å². The molecule has 0 aliphatic heterocycles. The fourth-order valence-corrected chi connectivity index (χ4v) is 5.12. The zero-order chi connectivity index (χ0) is 18.8. The molecule has 0 atom stereocenters. The molecule has 2 heterocycles. The lowest BCUT2D eigenvalue weighted by Gasteiger charge is -2.08. The SMILES string of the molecule is Cc1cc(SCC(=O)NNC(=O)c2cc3c(s2)CCC3)nc2ccccc12. The van der Waals surface area contributed by atoms with E-state index in [1.807, 2.05) is 43.3 Å². The second-order valence-corrected chi connectivity index (χ2v) is 8.63. The molecule has 1 aliphatic rings. The molecule has 1 aliphatic carbocycles. The number of pyridine rings is 1. The van der Waals surface area contributed by atoms with E-state index in [1.165, 1.54) is 40.0 Å². The van der Waals surface area contributed by atoms with E-state index in [0.717, 1.165) is 34.3 Å². The van der Waals surface area contributed by atoms with Crippen molar-refractivity contribution in [1.29, 1.82) is 0 Å². The lowest BCUT2D eigenvalue weighted by atomic mass is 10.1. The molecular weight excluding hydrogens is 378 g/mol. The number of hydrazine groups is 1. The van der Waals surface area contributed by atoms with Crippen molar-refractivity contribution in [3.8, 4) is 0 Å². The van der Waals surface area contributed by atoms with Gasteiger partial charge in [-0.15, -0.1) is 11.3 Å². The Morgan fingerprint density at radius 2 is 2.04 bits per heavy atom. The first-order valence-electron chi connectivity index (χ1n) is 8.80. The minimum Gasteiger partial charge on any atom is -0.272 e. The number of aryl methyl sites for hydroxylation is 3. The van der Waals surface area contributed by atoms with Gasteiger partial charge in [0.15, 0.2) is 0 Å². The van der Waals surface area contributed by atoms with Crippen LogP contribution in [0, 0.1) is 6.92 Å². The summed E-state index contributed by atoms with van der Waals surface area (Å²) in [6.45, 7) is 2.03. The number of hydrogen-bond acceptors (Lipinski definition) is 5. The summed E-state index contributed by atoms with van der Waals surface area (Å²) in [7, 11) is 0. The van der Waals surface area contributed by atoms with E-state index in [-0.39, 0.29) is 17.6 Å². The standard InChI is InChI=1S/C20H19N3O2S2/c1-12-9-19(21-15-7-3-2-6-14(12)15)26-11-18(24)22-23-20(25)17-10-13-5-4-8-16(13)27-17/h2-3,6-7,9-10H,4-5,8,11H2,1H3,(H,22,24)(H,23,25). The van der Waals surface area contributed by atoms with Crippen LogP contribution in [0.15, 0.2) is 41.4 Å². The normalized spacial score (nSPS) is 12.8. The first-order chi connectivity index (χ1) is 13.1. The summed E-state index contributed by atoms with van der Waals surface area (Å²) >= 11 is 2.87. The maximum absolute atomic E-state index is 12.2. The first kappa shape index (κ1) is 18.0. The minimum absolute atomic E-state index is 0.187. The van der Waals surface area contributed by atoms with Gasteiger partial charge in [-0.05, 0) is 55.5 Å². The lowest BCUT2D eigenvalue weighted by Crippen LogP contribution is -2.42. The van der Waals surface area contributed by atoms with Gasteiger partial charge in [-0.25, -0.2) is 4.98 Å². The number of carbonyl (C=O) groups is 2. The third kappa shape index (κ3) is 3.99. The Morgan fingerprint density at radius 3 is 2.89 bits per heavy atom. The first-order valence-corrected chi connectivity index (χ1v) is 10.6. The van der Waals surface area contributed by atoms with Gasteiger partial charge in [0.1, 0.15) is 0 Å². The van der Waals surface area contributed by atoms with Crippen LogP contribution in [0.5, 0.6) is 0 Å². The highest BCUT2D eigenvalue weighted by Gasteiger charge is 2.18. The third-order valence-electron chi connectivity index (χ3n) is 4.54. The Balaban J connectivity index is 1.31. The molecule has 2 aromatic heterocycles. The Hall–Kier alpha value is -2.38. The number of nitrogens with one attached hydrogen (secondary N) is 2. The van der Waals surface area contributed by atoms with E-state index in [9.17, 15) is 9.59 Å². The molecule has 2 amide bonds. The number of amides is 2. The van der Waals surface area contributed by atoms with Crippen molar-refractivity contribution < 1.29 is 9.59 Å². The molecule has 0 radical (unpaired) electrons.